The quantitative estimate of drug-likeness (QED) is 0.278. The Kier molecular flexibility index (Phi) is 13.6. The minimum absolute atomic E-state index is 0.0550. The summed E-state index contributed by atoms with van der Waals surface area (Å²) in [5, 5.41) is 19.9. The lowest BCUT2D eigenvalue weighted by Gasteiger charge is -2.42. The Morgan fingerprint density at radius 1 is 1.03 bits per heavy atom. The molecule has 0 aromatic rings. The van der Waals surface area contributed by atoms with Crippen molar-refractivity contribution in [2.24, 2.45) is 0 Å². The third kappa shape index (κ3) is 13.0. The molecule has 2 N–H and O–H groups in total. The lowest BCUT2D eigenvalue weighted by Crippen LogP contribution is -2.51. The van der Waals surface area contributed by atoms with E-state index in [9.17, 15) is 10.2 Å². The molecule has 1 aliphatic heterocycles. The lowest BCUT2D eigenvalue weighted by molar-refractivity contribution is -0.323. The van der Waals surface area contributed by atoms with Crippen molar-refractivity contribution in [1.82, 2.24) is 0 Å². The van der Waals surface area contributed by atoms with Crippen LogP contribution in [-0.2, 0) is 14.2 Å². The van der Waals surface area contributed by atoms with E-state index in [1.165, 1.54) is 57.8 Å². The second kappa shape index (κ2) is 14.7. The number of hydrogen-bond donors (Lipinski definition) is 2. The number of ether oxygens (including phenoxy) is 3. The van der Waals surface area contributed by atoms with E-state index in [0.29, 0.717) is 26.1 Å². The first kappa shape index (κ1) is 26.8. The summed E-state index contributed by atoms with van der Waals surface area (Å²) >= 11 is 0. The highest BCUT2D eigenvalue weighted by atomic mass is 16.7. The topological polar surface area (TPSA) is 68.2 Å². The van der Waals surface area contributed by atoms with Crippen LogP contribution in [0.2, 0.25) is 0 Å². The largest absolute Gasteiger partial charge is 0.391 e. The maximum absolute atomic E-state index is 10.3. The maximum atomic E-state index is 10.3. The predicted molar refractivity (Wildman–Crippen MR) is 118 cm³/mol. The lowest BCUT2D eigenvalue weighted by atomic mass is 9.95. The van der Waals surface area contributed by atoms with Crippen molar-refractivity contribution in [1.29, 1.82) is 0 Å². The van der Waals surface area contributed by atoms with Crippen LogP contribution < -0.4 is 0 Å². The second-order valence-corrected chi connectivity index (χ2v) is 9.35. The summed E-state index contributed by atoms with van der Waals surface area (Å²) in [5.41, 5.74) is -0.398. The van der Waals surface area contributed by atoms with E-state index in [1.807, 2.05) is 6.92 Å². The molecule has 0 aromatic heterocycles. The molecule has 174 valence electrons. The zero-order valence-corrected chi connectivity index (χ0v) is 19.6. The smallest absolute Gasteiger partial charge is 0.165 e. The van der Waals surface area contributed by atoms with Gasteiger partial charge in [-0.05, 0) is 26.7 Å². The minimum Gasteiger partial charge on any atom is -0.391 e. The van der Waals surface area contributed by atoms with Crippen molar-refractivity contribution < 1.29 is 24.4 Å². The zero-order valence-electron chi connectivity index (χ0n) is 19.6. The fraction of sp³-hybridized carbons (Fsp3) is 1.00. The molecular formula is C24H48O5. The summed E-state index contributed by atoms with van der Waals surface area (Å²) in [5.74, 6) is -1.00. The van der Waals surface area contributed by atoms with Gasteiger partial charge in [0.15, 0.2) is 5.79 Å². The molecule has 29 heavy (non-hydrogen) atoms. The van der Waals surface area contributed by atoms with E-state index < -0.39 is 17.5 Å². The van der Waals surface area contributed by atoms with Gasteiger partial charge < -0.3 is 24.4 Å². The number of unbranched alkanes of at least 4 members (excludes halogenated alkanes) is 9. The molecule has 0 aromatic carbocycles. The summed E-state index contributed by atoms with van der Waals surface area (Å²) in [6.45, 7) is 9.55. The van der Waals surface area contributed by atoms with Crippen molar-refractivity contribution in [3.8, 4) is 0 Å². The molecule has 5 heteroatoms. The van der Waals surface area contributed by atoms with Crippen LogP contribution in [-0.4, -0.2) is 53.6 Å². The average molecular weight is 417 g/mol. The van der Waals surface area contributed by atoms with Gasteiger partial charge in [-0.3, -0.25) is 0 Å². The van der Waals surface area contributed by atoms with Crippen molar-refractivity contribution in [3.63, 3.8) is 0 Å². The third-order valence-electron chi connectivity index (χ3n) is 6.01. The molecule has 1 fully saturated rings. The summed E-state index contributed by atoms with van der Waals surface area (Å²) in [4.78, 5) is 0. The summed E-state index contributed by atoms with van der Waals surface area (Å²) in [6, 6.07) is 0. The normalized spacial score (nSPS) is 24.8. The van der Waals surface area contributed by atoms with E-state index in [2.05, 4.69) is 13.8 Å². The molecule has 1 heterocycles. The zero-order chi connectivity index (χ0) is 21.6. The number of rotatable bonds is 19. The average Bonchev–Trinajstić information content (AvgIpc) is 2.65. The van der Waals surface area contributed by atoms with E-state index in [0.717, 1.165) is 19.4 Å². The Bertz CT molecular complexity index is 393. The number of hydrogen-bond acceptors (Lipinski definition) is 5. The van der Waals surface area contributed by atoms with E-state index in [-0.39, 0.29) is 6.10 Å². The third-order valence-corrected chi connectivity index (χ3v) is 6.01. The Morgan fingerprint density at radius 2 is 1.59 bits per heavy atom. The van der Waals surface area contributed by atoms with Crippen LogP contribution >= 0.6 is 0 Å². The molecule has 4 unspecified atom stereocenters. The van der Waals surface area contributed by atoms with Gasteiger partial charge in [-0.2, -0.15) is 0 Å². The van der Waals surface area contributed by atoms with Crippen LogP contribution in [0.15, 0.2) is 0 Å². The summed E-state index contributed by atoms with van der Waals surface area (Å²) < 4.78 is 17.1. The predicted octanol–water partition coefficient (Wildman–Crippen LogP) is 5.36. The van der Waals surface area contributed by atoms with Crippen molar-refractivity contribution in [3.05, 3.63) is 0 Å². The highest BCUT2D eigenvalue weighted by molar-refractivity contribution is 4.83. The van der Waals surface area contributed by atoms with Crippen molar-refractivity contribution in [2.45, 2.75) is 135 Å². The first-order valence-corrected chi connectivity index (χ1v) is 12.1. The van der Waals surface area contributed by atoms with Gasteiger partial charge in [-0.1, -0.05) is 71.6 Å². The molecule has 1 aliphatic rings. The summed E-state index contributed by atoms with van der Waals surface area (Å²) in [6.07, 6.45) is 14.5. The minimum atomic E-state index is -1.00. The standard InChI is InChI=1S/C24H48O5/c1-5-7-8-9-10-11-12-13-14-15-16-27-19-21(25)17-23(3,6-2)28-20-22-18-24(4,26)29-22/h21-22,25-26H,5-20H2,1-4H3. The van der Waals surface area contributed by atoms with Crippen LogP contribution in [0, 0.1) is 0 Å². The molecular weight excluding hydrogens is 368 g/mol. The first-order valence-electron chi connectivity index (χ1n) is 12.1. The molecule has 5 nitrogen and oxygen atoms in total. The van der Waals surface area contributed by atoms with E-state index >= 15 is 0 Å². The maximum Gasteiger partial charge on any atom is 0.165 e. The first-order chi connectivity index (χ1) is 13.8. The van der Waals surface area contributed by atoms with Gasteiger partial charge in [0.25, 0.3) is 0 Å². The van der Waals surface area contributed by atoms with Gasteiger partial charge in [-0.25, -0.2) is 0 Å². The molecule has 1 saturated heterocycles. The Balaban J connectivity index is 1.98. The van der Waals surface area contributed by atoms with Gasteiger partial charge in [0.1, 0.15) is 0 Å². The number of aliphatic hydroxyl groups excluding tert-OH is 1. The van der Waals surface area contributed by atoms with Crippen molar-refractivity contribution >= 4 is 0 Å². The van der Waals surface area contributed by atoms with Crippen LogP contribution in [0.4, 0.5) is 0 Å². The highest BCUT2D eigenvalue weighted by Crippen LogP contribution is 2.31. The van der Waals surface area contributed by atoms with Crippen LogP contribution in [0.5, 0.6) is 0 Å². The van der Waals surface area contributed by atoms with Gasteiger partial charge in [0, 0.05) is 19.4 Å². The SMILES string of the molecule is CCCCCCCCCCCCOCC(O)CC(C)(CC)OCC1CC(C)(O)O1. The molecule has 4 atom stereocenters. The Labute approximate surface area is 179 Å². The van der Waals surface area contributed by atoms with Crippen LogP contribution in [0.25, 0.3) is 0 Å². The fourth-order valence-corrected chi connectivity index (χ4v) is 3.93. The van der Waals surface area contributed by atoms with Gasteiger partial charge in [0.2, 0.25) is 0 Å². The molecule has 0 spiro atoms. The molecule has 1 rings (SSSR count). The second-order valence-electron chi connectivity index (χ2n) is 9.35. The molecule has 0 radical (unpaired) electrons. The molecule has 0 aliphatic carbocycles. The van der Waals surface area contributed by atoms with Gasteiger partial charge in [0.05, 0.1) is 31.0 Å². The van der Waals surface area contributed by atoms with E-state index in [4.69, 9.17) is 14.2 Å². The summed E-state index contributed by atoms with van der Waals surface area (Å²) in [7, 11) is 0. The van der Waals surface area contributed by atoms with Crippen LogP contribution in [0.1, 0.15) is 111 Å². The highest BCUT2D eigenvalue weighted by Gasteiger charge is 2.41. The number of aliphatic hydroxyl groups is 2. The monoisotopic (exact) mass is 416 g/mol. The molecule has 0 amide bonds. The Hall–Kier alpha value is -0.200. The fourth-order valence-electron chi connectivity index (χ4n) is 3.93. The molecule has 0 saturated carbocycles. The van der Waals surface area contributed by atoms with Gasteiger partial charge in [-0.15, -0.1) is 0 Å². The van der Waals surface area contributed by atoms with Crippen molar-refractivity contribution in [2.75, 3.05) is 19.8 Å². The van der Waals surface area contributed by atoms with E-state index in [1.54, 1.807) is 6.92 Å². The Morgan fingerprint density at radius 3 is 2.10 bits per heavy atom. The van der Waals surface area contributed by atoms with Gasteiger partial charge >= 0.3 is 0 Å². The van der Waals surface area contributed by atoms with Crippen LogP contribution in [0.3, 0.4) is 0 Å². The molecule has 0 bridgehead atoms.